The van der Waals surface area contributed by atoms with Crippen LogP contribution in [0.15, 0.2) is 24.5 Å². The van der Waals surface area contributed by atoms with Gasteiger partial charge in [0.25, 0.3) is 6.73 Å². The quantitative estimate of drug-likeness (QED) is 0.425. The maximum Gasteiger partial charge on any atom is 0.252 e. The summed E-state index contributed by atoms with van der Waals surface area (Å²) in [6.45, 7) is 4.84. The molecule has 1 aliphatic rings. The van der Waals surface area contributed by atoms with E-state index < -0.39 is 0 Å². The number of pyridine rings is 1. The Bertz CT molecular complexity index is 592. The largest absolute Gasteiger partial charge is 0.350 e. The van der Waals surface area contributed by atoms with Crippen molar-refractivity contribution < 1.29 is 18.9 Å². The molecule has 6 nitrogen and oxygen atoms in total. The molecule has 0 radical (unpaired) electrons. The molecule has 1 saturated heterocycles. The Balaban J connectivity index is 1.61. The number of ether oxygens (including phenoxy) is 1. The first kappa shape index (κ1) is 21.4. The molecule has 1 N–H and O–H groups in total. The molecule has 0 bridgehead atoms. The van der Waals surface area contributed by atoms with E-state index in [4.69, 9.17) is 4.74 Å². The zero-order valence-electron chi connectivity index (χ0n) is 16.6. The minimum absolute atomic E-state index is 0.0743. The van der Waals surface area contributed by atoms with Gasteiger partial charge < -0.3 is 15.0 Å². The van der Waals surface area contributed by atoms with Crippen LogP contribution in [0, 0.1) is 0 Å². The van der Waals surface area contributed by atoms with Crippen LogP contribution in [-0.4, -0.2) is 36.4 Å². The van der Waals surface area contributed by atoms with E-state index in [1.807, 2.05) is 29.1 Å². The van der Waals surface area contributed by atoms with Crippen molar-refractivity contribution in [2.45, 2.75) is 71.6 Å². The lowest BCUT2D eigenvalue weighted by Gasteiger charge is -2.14. The third-order valence-electron chi connectivity index (χ3n) is 4.80. The second kappa shape index (κ2) is 12.4. The maximum atomic E-state index is 12.0. The Morgan fingerprint density at radius 2 is 2.07 bits per heavy atom. The Labute approximate surface area is 162 Å². The highest BCUT2D eigenvalue weighted by atomic mass is 16.5. The number of hydrogen-bond donors (Lipinski definition) is 1. The van der Waals surface area contributed by atoms with Crippen LogP contribution in [0.2, 0.25) is 0 Å². The van der Waals surface area contributed by atoms with Crippen molar-refractivity contribution in [3.8, 4) is 0 Å². The number of hydrogen-bond acceptors (Lipinski definition) is 3. The predicted molar refractivity (Wildman–Crippen MR) is 104 cm³/mol. The van der Waals surface area contributed by atoms with Gasteiger partial charge in [-0.1, -0.05) is 39.0 Å². The number of nitrogens with zero attached hydrogens (tertiary/aromatic N) is 2. The van der Waals surface area contributed by atoms with E-state index in [0.29, 0.717) is 26.2 Å². The van der Waals surface area contributed by atoms with Gasteiger partial charge in [0.1, 0.15) is 0 Å². The minimum atomic E-state index is -0.111. The van der Waals surface area contributed by atoms with Crippen LogP contribution in [-0.2, 0) is 27.6 Å². The van der Waals surface area contributed by atoms with Gasteiger partial charge in [-0.05, 0) is 18.9 Å². The van der Waals surface area contributed by atoms with Gasteiger partial charge in [0, 0.05) is 31.1 Å². The Hall–Kier alpha value is -1.95. The molecule has 6 heteroatoms. The topological polar surface area (TPSA) is 62.5 Å². The fraction of sp³-hybridized carbons (Fsp3) is 0.667. The number of carbonyl (C=O) groups is 2. The fourth-order valence-corrected chi connectivity index (χ4v) is 3.22. The molecular formula is C21H34N3O3+. The highest BCUT2D eigenvalue weighted by Crippen LogP contribution is 2.08. The highest BCUT2D eigenvalue weighted by Gasteiger charge is 2.22. The molecule has 2 heterocycles. The van der Waals surface area contributed by atoms with Crippen LogP contribution in [0.1, 0.15) is 63.9 Å². The molecule has 0 aliphatic carbocycles. The van der Waals surface area contributed by atoms with Crippen LogP contribution in [0.5, 0.6) is 0 Å². The summed E-state index contributed by atoms with van der Waals surface area (Å²) in [6, 6.07) is 3.94. The highest BCUT2D eigenvalue weighted by molar-refractivity contribution is 5.85. The second-order valence-electron chi connectivity index (χ2n) is 7.23. The van der Waals surface area contributed by atoms with Gasteiger partial charge in [0.2, 0.25) is 11.8 Å². The second-order valence-corrected chi connectivity index (χ2v) is 7.23. The first-order chi connectivity index (χ1) is 13.2. The third kappa shape index (κ3) is 8.52. The maximum absolute atomic E-state index is 12.0. The fourth-order valence-electron chi connectivity index (χ4n) is 3.22. The van der Waals surface area contributed by atoms with E-state index in [-0.39, 0.29) is 18.4 Å². The molecule has 1 fully saturated rings. The minimum Gasteiger partial charge on any atom is -0.350 e. The zero-order valence-corrected chi connectivity index (χ0v) is 16.6. The summed E-state index contributed by atoms with van der Waals surface area (Å²) in [6.07, 6.45) is 12.9. The van der Waals surface area contributed by atoms with E-state index >= 15 is 0 Å². The van der Waals surface area contributed by atoms with Gasteiger partial charge in [0.05, 0.1) is 13.2 Å². The van der Waals surface area contributed by atoms with Gasteiger partial charge >= 0.3 is 0 Å². The monoisotopic (exact) mass is 376 g/mol. The molecule has 0 aromatic carbocycles. The lowest BCUT2D eigenvalue weighted by atomic mass is 10.1. The standard InChI is InChI=1S/C21H33N3O3/c1-2-3-4-5-6-7-14-27-18-23-12-8-10-19(16-23)15-22-20(25)17-24-13-9-11-21(24)26/h8,10,12,16H,2-7,9,11,13-15,17-18H2,1H3/p+1. The Morgan fingerprint density at radius 3 is 2.85 bits per heavy atom. The summed E-state index contributed by atoms with van der Waals surface area (Å²) >= 11 is 0. The normalized spacial score (nSPS) is 14.0. The van der Waals surface area contributed by atoms with Crippen molar-refractivity contribution in [1.29, 1.82) is 0 Å². The lowest BCUT2D eigenvalue weighted by molar-refractivity contribution is -0.733. The molecule has 0 unspecified atom stereocenters. The van der Waals surface area contributed by atoms with E-state index in [1.165, 1.54) is 32.1 Å². The number of unbranched alkanes of at least 4 members (excludes halogenated alkanes) is 5. The molecule has 0 atom stereocenters. The van der Waals surface area contributed by atoms with Gasteiger partial charge in [-0.15, -0.1) is 0 Å². The van der Waals surface area contributed by atoms with Crippen LogP contribution < -0.4 is 9.88 Å². The number of carbonyl (C=O) groups excluding carboxylic acids is 2. The number of aromatic nitrogens is 1. The lowest BCUT2D eigenvalue weighted by Crippen LogP contribution is -2.38. The van der Waals surface area contributed by atoms with Crippen LogP contribution in [0.25, 0.3) is 0 Å². The van der Waals surface area contributed by atoms with Gasteiger partial charge in [-0.3, -0.25) is 9.59 Å². The van der Waals surface area contributed by atoms with Crippen molar-refractivity contribution in [3.63, 3.8) is 0 Å². The SMILES string of the molecule is CCCCCCCCOC[n+]1cccc(CNC(=O)CN2CCCC2=O)c1. The van der Waals surface area contributed by atoms with E-state index in [0.717, 1.165) is 25.0 Å². The number of rotatable bonds is 13. The summed E-state index contributed by atoms with van der Waals surface area (Å²) in [4.78, 5) is 25.2. The first-order valence-electron chi connectivity index (χ1n) is 10.3. The molecule has 1 aromatic rings. The smallest absolute Gasteiger partial charge is 0.252 e. The molecule has 27 heavy (non-hydrogen) atoms. The van der Waals surface area contributed by atoms with Crippen molar-refractivity contribution in [2.75, 3.05) is 19.7 Å². The van der Waals surface area contributed by atoms with Crippen molar-refractivity contribution in [2.24, 2.45) is 0 Å². The molecule has 0 spiro atoms. The van der Waals surface area contributed by atoms with Crippen molar-refractivity contribution in [1.82, 2.24) is 10.2 Å². The summed E-state index contributed by atoms with van der Waals surface area (Å²) in [5, 5.41) is 2.89. The Kier molecular flexibility index (Phi) is 9.84. The van der Waals surface area contributed by atoms with Crippen LogP contribution >= 0.6 is 0 Å². The van der Waals surface area contributed by atoms with E-state index in [9.17, 15) is 9.59 Å². The van der Waals surface area contributed by atoms with Crippen molar-refractivity contribution >= 4 is 11.8 Å². The van der Waals surface area contributed by atoms with Gasteiger partial charge in [-0.2, -0.15) is 4.57 Å². The number of nitrogens with one attached hydrogen (secondary N) is 1. The molecule has 0 saturated carbocycles. The Morgan fingerprint density at radius 1 is 1.26 bits per heavy atom. The number of amides is 2. The summed E-state index contributed by atoms with van der Waals surface area (Å²) in [5.74, 6) is -0.0369. The predicted octanol–water partition coefficient (Wildman–Crippen LogP) is 2.55. The summed E-state index contributed by atoms with van der Waals surface area (Å²) in [7, 11) is 0. The van der Waals surface area contributed by atoms with Crippen molar-refractivity contribution in [3.05, 3.63) is 30.1 Å². The molecule has 1 aromatic heterocycles. The van der Waals surface area contributed by atoms with Crippen LogP contribution in [0.4, 0.5) is 0 Å². The number of likely N-dealkylation sites (tertiary alicyclic amines) is 1. The zero-order chi connectivity index (χ0) is 19.3. The molecule has 150 valence electrons. The molecule has 1 aliphatic heterocycles. The average molecular weight is 377 g/mol. The van der Waals surface area contributed by atoms with Crippen LogP contribution in [0.3, 0.4) is 0 Å². The average Bonchev–Trinajstić information content (AvgIpc) is 3.07. The molecule has 2 rings (SSSR count). The van der Waals surface area contributed by atoms with E-state index in [2.05, 4.69) is 12.2 Å². The molecular weight excluding hydrogens is 342 g/mol. The third-order valence-corrected chi connectivity index (χ3v) is 4.80. The van der Waals surface area contributed by atoms with Gasteiger partial charge in [-0.25, -0.2) is 0 Å². The first-order valence-corrected chi connectivity index (χ1v) is 10.3. The summed E-state index contributed by atoms with van der Waals surface area (Å²) in [5.41, 5.74) is 1.02. The summed E-state index contributed by atoms with van der Waals surface area (Å²) < 4.78 is 7.73. The molecule has 2 amide bonds. The van der Waals surface area contributed by atoms with E-state index in [1.54, 1.807) is 4.90 Å². The van der Waals surface area contributed by atoms with Gasteiger partial charge in [0.15, 0.2) is 12.4 Å².